The van der Waals surface area contributed by atoms with Crippen molar-refractivity contribution in [1.29, 1.82) is 0 Å². The average molecular weight is 385 g/mol. The Morgan fingerprint density at radius 2 is 1.79 bits per heavy atom. The molecule has 4 nitrogen and oxygen atoms in total. The zero-order valence-corrected chi connectivity index (χ0v) is 17.1. The number of hydrogen-bond donors (Lipinski definition) is 2. The second-order valence-corrected chi connectivity index (χ2v) is 9.12. The van der Waals surface area contributed by atoms with E-state index in [1.54, 1.807) is 0 Å². The van der Waals surface area contributed by atoms with Crippen LogP contribution in [0.2, 0.25) is 0 Å². The first-order valence-electron chi connectivity index (χ1n) is 11.5. The van der Waals surface area contributed by atoms with E-state index in [1.165, 1.54) is 49.7 Å². The number of fused-ring (bicyclic) bond motifs is 1. The number of rotatable bonds is 5. The van der Waals surface area contributed by atoms with Crippen molar-refractivity contribution < 1.29 is 9.90 Å². The van der Waals surface area contributed by atoms with Gasteiger partial charge in [-0.25, -0.2) is 0 Å². The normalized spacial score (nSPS) is 28.8. The highest BCUT2D eigenvalue weighted by atomic mass is 16.3. The maximum atomic E-state index is 13.2. The molecule has 28 heavy (non-hydrogen) atoms. The Hall–Kier alpha value is -1.39. The molecule has 2 aliphatic carbocycles. The van der Waals surface area contributed by atoms with Crippen molar-refractivity contribution in [2.75, 3.05) is 19.6 Å². The predicted octanol–water partition coefficient (Wildman–Crippen LogP) is 3.83. The first kappa shape index (κ1) is 19.9. The summed E-state index contributed by atoms with van der Waals surface area (Å²) in [5.41, 5.74) is 2.82. The molecule has 0 spiro atoms. The van der Waals surface area contributed by atoms with E-state index in [4.69, 9.17) is 0 Å². The number of amides is 1. The molecule has 1 aliphatic heterocycles. The van der Waals surface area contributed by atoms with Crippen LogP contribution >= 0.6 is 0 Å². The van der Waals surface area contributed by atoms with E-state index in [1.807, 2.05) is 0 Å². The van der Waals surface area contributed by atoms with Crippen molar-refractivity contribution in [2.24, 2.45) is 11.8 Å². The molecule has 2 N–H and O–H groups in total. The lowest BCUT2D eigenvalue weighted by atomic mass is 9.77. The highest BCUT2D eigenvalue weighted by molar-refractivity contribution is 5.79. The number of nitrogens with one attached hydrogen (secondary N) is 1. The molecular weight excluding hydrogens is 348 g/mol. The molecule has 1 aromatic rings. The maximum Gasteiger partial charge on any atom is 0.237 e. The lowest BCUT2D eigenvalue weighted by Gasteiger charge is -2.43. The third-order valence-electron chi connectivity index (χ3n) is 7.30. The van der Waals surface area contributed by atoms with Gasteiger partial charge in [0, 0.05) is 13.1 Å². The minimum Gasteiger partial charge on any atom is -0.393 e. The van der Waals surface area contributed by atoms with Gasteiger partial charge in [0.2, 0.25) is 5.91 Å². The van der Waals surface area contributed by atoms with Crippen molar-refractivity contribution >= 4 is 5.91 Å². The van der Waals surface area contributed by atoms with Crippen LogP contribution in [0.1, 0.15) is 75.0 Å². The number of benzene rings is 1. The van der Waals surface area contributed by atoms with Crippen LogP contribution in [0.3, 0.4) is 0 Å². The molecule has 0 aromatic heterocycles. The lowest BCUT2D eigenvalue weighted by Crippen LogP contribution is -2.47. The van der Waals surface area contributed by atoms with Crippen molar-refractivity contribution in [3.05, 3.63) is 35.4 Å². The molecule has 1 aromatic carbocycles. The smallest absolute Gasteiger partial charge is 0.237 e. The molecule has 0 bridgehead atoms. The first-order valence-corrected chi connectivity index (χ1v) is 11.5. The average Bonchev–Trinajstić information content (AvgIpc) is 2.75. The molecule has 2 fully saturated rings. The van der Waals surface area contributed by atoms with Crippen LogP contribution in [-0.2, 0) is 11.2 Å². The molecule has 0 radical (unpaired) electrons. The SMILES string of the molecule is O=C(CNCC1CCCC[C@H]1O)N1CCc2ccccc2C1C1CCCCC1. The van der Waals surface area contributed by atoms with Crippen LogP contribution in [-0.4, -0.2) is 41.7 Å². The van der Waals surface area contributed by atoms with E-state index < -0.39 is 0 Å². The van der Waals surface area contributed by atoms with Gasteiger partial charge in [-0.2, -0.15) is 0 Å². The van der Waals surface area contributed by atoms with Gasteiger partial charge in [0.1, 0.15) is 0 Å². The quantitative estimate of drug-likeness (QED) is 0.811. The van der Waals surface area contributed by atoms with E-state index in [2.05, 4.69) is 34.5 Å². The zero-order valence-electron chi connectivity index (χ0n) is 17.1. The molecule has 0 saturated heterocycles. The highest BCUT2D eigenvalue weighted by Gasteiger charge is 2.36. The molecule has 4 heteroatoms. The van der Waals surface area contributed by atoms with Gasteiger partial charge in [-0.15, -0.1) is 0 Å². The third-order valence-corrected chi connectivity index (χ3v) is 7.30. The van der Waals surface area contributed by atoms with Gasteiger partial charge in [0.15, 0.2) is 0 Å². The number of carbonyl (C=O) groups excluding carboxylic acids is 1. The van der Waals surface area contributed by atoms with Crippen LogP contribution in [0.5, 0.6) is 0 Å². The van der Waals surface area contributed by atoms with E-state index in [0.29, 0.717) is 18.4 Å². The summed E-state index contributed by atoms with van der Waals surface area (Å²) in [5, 5.41) is 13.5. The van der Waals surface area contributed by atoms with E-state index in [0.717, 1.165) is 38.8 Å². The highest BCUT2D eigenvalue weighted by Crippen LogP contribution is 2.41. The van der Waals surface area contributed by atoms with Crippen LogP contribution in [0.4, 0.5) is 0 Å². The van der Waals surface area contributed by atoms with Crippen LogP contribution < -0.4 is 5.32 Å². The number of carbonyl (C=O) groups is 1. The second-order valence-electron chi connectivity index (χ2n) is 9.12. The summed E-state index contributed by atoms with van der Waals surface area (Å²) in [7, 11) is 0. The molecule has 2 saturated carbocycles. The van der Waals surface area contributed by atoms with Crippen LogP contribution in [0.25, 0.3) is 0 Å². The van der Waals surface area contributed by atoms with Crippen LogP contribution in [0.15, 0.2) is 24.3 Å². The second kappa shape index (κ2) is 9.41. The minimum atomic E-state index is -0.201. The summed E-state index contributed by atoms with van der Waals surface area (Å²) < 4.78 is 0. The number of nitrogens with zero attached hydrogens (tertiary/aromatic N) is 1. The fourth-order valence-electron chi connectivity index (χ4n) is 5.73. The molecule has 154 valence electrons. The summed E-state index contributed by atoms with van der Waals surface area (Å²) in [4.78, 5) is 15.4. The molecule has 2 unspecified atom stereocenters. The van der Waals surface area contributed by atoms with Crippen molar-refractivity contribution in [2.45, 2.75) is 76.4 Å². The molecule has 4 rings (SSSR count). The molecule has 3 atom stereocenters. The minimum absolute atomic E-state index is 0.201. The Kier molecular flexibility index (Phi) is 6.69. The van der Waals surface area contributed by atoms with Gasteiger partial charge in [-0.3, -0.25) is 4.79 Å². The molecule has 1 heterocycles. The van der Waals surface area contributed by atoms with E-state index in [-0.39, 0.29) is 18.1 Å². The van der Waals surface area contributed by atoms with E-state index >= 15 is 0 Å². The lowest BCUT2D eigenvalue weighted by molar-refractivity contribution is -0.135. The van der Waals surface area contributed by atoms with Gasteiger partial charge in [0.25, 0.3) is 0 Å². The standard InChI is InChI=1S/C24H36N2O2/c27-22-13-7-5-11-20(22)16-25-17-23(28)26-15-14-18-8-4-6-12-21(18)24(26)19-9-2-1-3-10-19/h4,6,8,12,19-20,22,24-25,27H,1-3,5,7,9-11,13-17H2/t20?,22-,24?/m1/s1. The van der Waals surface area contributed by atoms with Crippen molar-refractivity contribution in [3.8, 4) is 0 Å². The molecule has 3 aliphatic rings. The molecule has 1 amide bonds. The predicted molar refractivity (Wildman–Crippen MR) is 112 cm³/mol. The summed E-state index contributed by atoms with van der Waals surface area (Å²) in [6, 6.07) is 9.01. The Balaban J connectivity index is 1.42. The summed E-state index contributed by atoms with van der Waals surface area (Å²) in [6.07, 6.45) is 11.5. The van der Waals surface area contributed by atoms with Crippen LogP contribution in [0, 0.1) is 11.8 Å². The number of aliphatic hydroxyl groups is 1. The number of aliphatic hydroxyl groups excluding tert-OH is 1. The largest absolute Gasteiger partial charge is 0.393 e. The topological polar surface area (TPSA) is 52.6 Å². The fraction of sp³-hybridized carbons (Fsp3) is 0.708. The Labute approximate surface area is 169 Å². The van der Waals surface area contributed by atoms with Crippen molar-refractivity contribution in [3.63, 3.8) is 0 Å². The fourth-order valence-corrected chi connectivity index (χ4v) is 5.73. The Morgan fingerprint density at radius 1 is 1.04 bits per heavy atom. The van der Waals surface area contributed by atoms with Gasteiger partial charge >= 0.3 is 0 Å². The summed E-state index contributed by atoms with van der Waals surface area (Å²) in [6.45, 7) is 1.99. The monoisotopic (exact) mass is 384 g/mol. The van der Waals surface area contributed by atoms with Crippen molar-refractivity contribution in [1.82, 2.24) is 10.2 Å². The maximum absolute atomic E-state index is 13.2. The summed E-state index contributed by atoms with van der Waals surface area (Å²) in [5.74, 6) is 1.13. The third kappa shape index (κ3) is 4.44. The summed E-state index contributed by atoms with van der Waals surface area (Å²) >= 11 is 0. The number of hydrogen-bond acceptors (Lipinski definition) is 3. The van der Waals surface area contributed by atoms with Gasteiger partial charge < -0.3 is 15.3 Å². The van der Waals surface area contributed by atoms with Gasteiger partial charge in [0.05, 0.1) is 18.7 Å². The first-order chi connectivity index (χ1) is 13.7. The van der Waals surface area contributed by atoms with E-state index in [9.17, 15) is 9.90 Å². The Bertz CT molecular complexity index is 656. The Morgan fingerprint density at radius 3 is 2.61 bits per heavy atom. The zero-order chi connectivity index (χ0) is 19.3. The van der Waals surface area contributed by atoms with Gasteiger partial charge in [-0.05, 0) is 55.1 Å². The molecular formula is C24H36N2O2. The van der Waals surface area contributed by atoms with Gasteiger partial charge in [-0.1, -0.05) is 56.4 Å².